The van der Waals surface area contributed by atoms with Gasteiger partial charge in [0.05, 0.1) is 34.3 Å². The monoisotopic (exact) mass is 816 g/mol. The predicted octanol–water partition coefficient (Wildman–Crippen LogP) is 15.0. The molecule has 0 amide bonds. The van der Waals surface area contributed by atoms with Crippen LogP contribution in [0.5, 0.6) is 0 Å². The maximum atomic E-state index is 7.51. The van der Waals surface area contributed by atoms with Gasteiger partial charge in [0.25, 0.3) is 0 Å². The van der Waals surface area contributed by atoms with Crippen molar-refractivity contribution in [2.75, 3.05) is 0 Å². The Hall–Kier alpha value is -8.92. The number of para-hydroxylation sites is 3. The van der Waals surface area contributed by atoms with Gasteiger partial charge in [-0.25, -0.2) is 19.8 Å². The zero-order valence-electron chi connectivity index (χ0n) is 34.5. The van der Waals surface area contributed by atoms with Crippen LogP contribution in [0.15, 0.2) is 218 Å². The maximum Gasteiger partial charge on any atom is 0.187 e. The van der Waals surface area contributed by atoms with Gasteiger partial charge in [0.15, 0.2) is 23.2 Å². The summed E-state index contributed by atoms with van der Waals surface area (Å²) >= 11 is 0. The van der Waals surface area contributed by atoms with Crippen molar-refractivity contribution in [3.8, 4) is 67.8 Å². The lowest BCUT2D eigenvalue weighted by Gasteiger charge is -2.17. The van der Waals surface area contributed by atoms with E-state index in [1.165, 1.54) is 10.8 Å². The van der Waals surface area contributed by atoms with E-state index < -0.39 is 0 Å². The Morgan fingerprint density at radius 2 is 0.766 bits per heavy atom. The topological polar surface area (TPSA) is 52.9 Å². The van der Waals surface area contributed by atoms with Crippen molar-refractivity contribution < 1.29 is 0 Å². The first-order valence-corrected chi connectivity index (χ1v) is 21.3. The Labute approximate surface area is 369 Å². The zero-order valence-corrected chi connectivity index (χ0v) is 34.5. The average Bonchev–Trinajstić information content (AvgIpc) is 3.89. The summed E-state index contributed by atoms with van der Waals surface area (Å²) in [6, 6.07) is 76.0. The molecule has 3 heterocycles. The maximum absolute atomic E-state index is 7.51. The average molecular weight is 817 g/mol. The molecule has 0 saturated carbocycles. The molecule has 6 heteroatoms. The third kappa shape index (κ3) is 6.22. The second-order valence-electron chi connectivity index (χ2n) is 15.9. The van der Waals surface area contributed by atoms with E-state index in [4.69, 9.17) is 21.5 Å². The van der Waals surface area contributed by atoms with E-state index in [2.05, 4.69) is 147 Å². The highest BCUT2D eigenvalue weighted by Crippen LogP contribution is 2.41. The van der Waals surface area contributed by atoms with Crippen LogP contribution in [0.3, 0.4) is 0 Å². The summed E-state index contributed by atoms with van der Waals surface area (Å²) in [6.45, 7) is 7.51. The number of aromatic nitrogens is 5. The summed E-state index contributed by atoms with van der Waals surface area (Å²) in [7, 11) is 0. The number of nitrogens with zero attached hydrogens (tertiary/aromatic N) is 6. The van der Waals surface area contributed by atoms with Crippen molar-refractivity contribution in [1.82, 2.24) is 24.1 Å². The number of benzene rings is 9. The van der Waals surface area contributed by atoms with Crippen molar-refractivity contribution >= 4 is 49.3 Å². The molecule has 0 radical (unpaired) electrons. The van der Waals surface area contributed by atoms with E-state index in [0.717, 1.165) is 83.2 Å². The number of hydrogen-bond donors (Lipinski definition) is 0. The van der Waals surface area contributed by atoms with Gasteiger partial charge in [0, 0.05) is 43.9 Å². The first kappa shape index (κ1) is 36.9. The van der Waals surface area contributed by atoms with Gasteiger partial charge in [-0.1, -0.05) is 170 Å². The van der Waals surface area contributed by atoms with Crippen molar-refractivity contribution in [1.29, 1.82) is 0 Å². The highest BCUT2D eigenvalue weighted by Gasteiger charge is 2.22. The zero-order chi connectivity index (χ0) is 42.6. The van der Waals surface area contributed by atoms with Crippen molar-refractivity contribution in [3.05, 3.63) is 230 Å². The molecule has 0 aliphatic heterocycles. The molecule has 0 spiro atoms. The van der Waals surface area contributed by atoms with E-state index >= 15 is 0 Å². The van der Waals surface area contributed by atoms with Crippen LogP contribution in [-0.2, 0) is 0 Å². The van der Waals surface area contributed by atoms with Crippen LogP contribution in [0.2, 0.25) is 0 Å². The number of fused-ring (bicyclic) bond motifs is 6. The lowest BCUT2D eigenvalue weighted by molar-refractivity contribution is 1.06. The first-order valence-electron chi connectivity index (χ1n) is 21.3. The lowest BCUT2D eigenvalue weighted by atomic mass is 9.99. The van der Waals surface area contributed by atoms with Crippen molar-refractivity contribution in [3.63, 3.8) is 0 Å². The number of hydrogen-bond acceptors (Lipinski definition) is 3. The van der Waals surface area contributed by atoms with E-state index in [1.54, 1.807) is 0 Å². The molecule has 0 bridgehead atoms. The summed E-state index contributed by atoms with van der Waals surface area (Å²) in [4.78, 5) is 19.3. The Morgan fingerprint density at radius 1 is 0.328 bits per heavy atom. The van der Waals surface area contributed by atoms with E-state index in [9.17, 15) is 0 Å². The van der Waals surface area contributed by atoms with E-state index in [0.29, 0.717) is 23.2 Å². The van der Waals surface area contributed by atoms with Crippen LogP contribution < -0.4 is 0 Å². The minimum atomic E-state index is 0.570. The molecule has 6 nitrogen and oxygen atoms in total. The van der Waals surface area contributed by atoms with Gasteiger partial charge in [-0.3, -0.25) is 0 Å². The van der Waals surface area contributed by atoms with Gasteiger partial charge >= 0.3 is 0 Å². The summed E-state index contributed by atoms with van der Waals surface area (Å²) in [5, 5.41) is 4.69. The molecular formula is C58H36N6. The fourth-order valence-corrected chi connectivity index (χ4v) is 9.16. The highest BCUT2D eigenvalue weighted by atomic mass is 15.1. The van der Waals surface area contributed by atoms with Gasteiger partial charge in [0.1, 0.15) is 0 Å². The molecule has 0 saturated heterocycles. The summed E-state index contributed by atoms with van der Waals surface area (Å²) < 4.78 is 4.71. The van der Waals surface area contributed by atoms with Crippen molar-refractivity contribution in [2.24, 2.45) is 0 Å². The number of rotatable bonds is 7. The van der Waals surface area contributed by atoms with Gasteiger partial charge in [-0.05, 0) is 70.8 Å². The fraction of sp³-hybridized carbons (Fsp3) is 0. The second kappa shape index (κ2) is 15.2. The third-order valence-corrected chi connectivity index (χ3v) is 12.2. The summed E-state index contributed by atoms with van der Waals surface area (Å²) in [5.74, 6) is 1.77. The normalized spacial score (nSPS) is 11.4. The summed E-state index contributed by atoms with van der Waals surface area (Å²) in [5.41, 5.74) is 14.0. The Kier molecular flexibility index (Phi) is 8.77. The SMILES string of the molecule is [C-]#[N+]c1ccc(-c2ccc3c4ccccc4n(-c4ccc(-c5ccc6c7ccccc7n(-c7ccccc7)c6c5)cc4-c4nc(-c5ccccc5)nc(-c5ccccc5)n4)c3c2)cc1. The van der Waals surface area contributed by atoms with Gasteiger partial charge in [-0.15, -0.1) is 0 Å². The lowest BCUT2D eigenvalue weighted by Crippen LogP contribution is -2.04. The molecule has 3 aromatic heterocycles. The van der Waals surface area contributed by atoms with Gasteiger partial charge in [0.2, 0.25) is 0 Å². The highest BCUT2D eigenvalue weighted by molar-refractivity contribution is 6.12. The largest absolute Gasteiger partial charge is 0.309 e. The Morgan fingerprint density at radius 3 is 1.36 bits per heavy atom. The Balaban J connectivity index is 1.14. The molecule has 0 unspecified atom stereocenters. The minimum Gasteiger partial charge on any atom is -0.309 e. The van der Waals surface area contributed by atoms with Crippen LogP contribution in [0.4, 0.5) is 5.69 Å². The molecule has 0 atom stereocenters. The van der Waals surface area contributed by atoms with Gasteiger partial charge < -0.3 is 9.13 Å². The molecule has 64 heavy (non-hydrogen) atoms. The van der Waals surface area contributed by atoms with Crippen LogP contribution in [-0.4, -0.2) is 24.1 Å². The van der Waals surface area contributed by atoms with Crippen LogP contribution in [0, 0.1) is 6.57 Å². The molecule has 9 aromatic carbocycles. The molecule has 12 aromatic rings. The fourth-order valence-electron chi connectivity index (χ4n) is 9.16. The second-order valence-corrected chi connectivity index (χ2v) is 15.9. The molecular weight excluding hydrogens is 781 g/mol. The molecule has 0 N–H and O–H groups in total. The predicted molar refractivity (Wildman–Crippen MR) is 262 cm³/mol. The molecule has 298 valence electrons. The molecule has 0 aliphatic carbocycles. The standard InChI is InChI=1S/C58H36N6/c1-59-44-30-25-38(26-31-44)42-27-32-49-47-22-12-14-24-52(47)64(55(49)36-42)53-34-29-41(43-28-33-48-46-21-11-13-23-51(46)63(54(48)37-43)45-19-9-4-10-20-45)35-50(53)58-61-56(39-15-5-2-6-16-39)60-57(62-58)40-17-7-3-8-18-40/h2-37H. The molecule has 12 rings (SSSR count). The van der Waals surface area contributed by atoms with Crippen LogP contribution >= 0.6 is 0 Å². The molecule has 0 aliphatic rings. The van der Waals surface area contributed by atoms with E-state index in [1.807, 2.05) is 84.9 Å². The quantitative estimate of drug-likeness (QED) is 0.151. The van der Waals surface area contributed by atoms with Crippen LogP contribution in [0.25, 0.3) is 116 Å². The Bertz CT molecular complexity index is 3710. The minimum absolute atomic E-state index is 0.570. The van der Waals surface area contributed by atoms with Gasteiger partial charge in [-0.2, -0.15) is 0 Å². The van der Waals surface area contributed by atoms with Crippen molar-refractivity contribution in [2.45, 2.75) is 0 Å². The van der Waals surface area contributed by atoms with E-state index in [-0.39, 0.29) is 0 Å². The molecule has 0 fully saturated rings. The van der Waals surface area contributed by atoms with Crippen LogP contribution in [0.1, 0.15) is 0 Å². The smallest absolute Gasteiger partial charge is 0.187 e. The summed E-state index contributed by atoms with van der Waals surface area (Å²) in [6.07, 6.45) is 0. The third-order valence-electron chi connectivity index (χ3n) is 12.2. The first-order chi connectivity index (χ1) is 31.7.